The minimum atomic E-state index is -6.18. The van der Waals surface area contributed by atoms with Gasteiger partial charge >= 0.3 is 11.5 Å². The van der Waals surface area contributed by atoms with Crippen LogP contribution in [0, 0.1) is 5.41 Å². The first-order valence-electron chi connectivity index (χ1n) is 28.9. The minimum absolute atomic E-state index is 0.0383. The highest BCUT2D eigenvalue weighted by molar-refractivity contribution is 7.99. The van der Waals surface area contributed by atoms with Crippen LogP contribution in [0.4, 0.5) is 29.3 Å². The molecule has 0 radical (unpaired) electrons. The van der Waals surface area contributed by atoms with Crippen molar-refractivity contribution in [1.82, 2.24) is 34.8 Å². The number of thioether (sulfide) groups is 1. The standard InChI is InChI=1S/C62H69ClF3N9O9S3/c1-40-35-71(36-41(2)73(40)37-42-10-20-52-53(32-42)59(79)75(58(52)78)74-27-24-56(76)68-60(74)80)26-23-47(39-85-49-8-6-5-7-9-49)67-54-21-19-50(33-55(54)86(81,82)62(64,65)66)87(83,84)69-57(77)44-13-17-48(18-14-44)72-30-28-70(29-31-72)38-45-34-61(3,4)25-22-51(45)43-11-15-46(63)16-12-43/h5-21,32-33,40-41,47,67H,22-31,34-39H2,1-4H3,(H,69,77)(H,68,76,80)/t40?,41?,47-/m1/s1. The number of anilines is 2. The number of imide groups is 2. The van der Waals surface area contributed by atoms with Gasteiger partial charge in [-0.1, -0.05) is 67.4 Å². The first kappa shape index (κ1) is 63.2. The molecule has 3 fully saturated rings. The molecule has 2 unspecified atom stereocenters. The molecule has 5 aromatic rings. The van der Waals surface area contributed by atoms with Gasteiger partial charge < -0.3 is 15.1 Å². The SMILES string of the molecule is CC1CN(CC[C@H](CSc2ccccc2)Nc2ccc(S(=O)(=O)NC(=O)c3ccc(N4CCN(CC5=C(c6ccc(Cl)cc6)CCC(C)(C)C5)CC4)cc3)cc2S(=O)(=O)C(F)(F)F)CC(C)N1Cc1ccc2c(c1)C(=O)N(N1CCC(=O)NC1=O)C2=O. The molecule has 3 saturated heterocycles. The zero-order valence-corrected chi connectivity index (χ0v) is 51.8. The lowest BCUT2D eigenvalue weighted by atomic mass is 9.73. The Morgan fingerprint density at radius 1 is 0.782 bits per heavy atom. The van der Waals surface area contributed by atoms with Gasteiger partial charge in [0.05, 0.1) is 28.3 Å². The molecule has 0 spiro atoms. The molecular weight excluding hydrogens is 1200 g/mol. The Bertz CT molecular complexity index is 3710. The van der Waals surface area contributed by atoms with Gasteiger partial charge in [0.2, 0.25) is 5.91 Å². The number of nitrogens with zero attached hydrogens (tertiary/aromatic N) is 6. The van der Waals surface area contributed by atoms with Crippen LogP contribution in [0.25, 0.3) is 5.57 Å². The average molecular weight is 1270 g/mol. The number of carbonyl (C=O) groups excluding carboxylic acids is 5. The molecule has 0 aromatic heterocycles. The van der Waals surface area contributed by atoms with Crippen molar-refractivity contribution in [2.45, 2.75) is 105 Å². The van der Waals surface area contributed by atoms with Crippen LogP contribution >= 0.6 is 23.4 Å². The monoisotopic (exact) mass is 1270 g/mol. The van der Waals surface area contributed by atoms with E-state index in [2.05, 4.69) is 56.2 Å². The number of urea groups is 1. The van der Waals surface area contributed by atoms with E-state index in [-0.39, 0.29) is 52.9 Å². The third kappa shape index (κ3) is 14.4. The fraction of sp³-hybridized carbons (Fsp3) is 0.403. The molecule has 0 bridgehead atoms. The second kappa shape index (κ2) is 25.7. The number of allylic oxidation sites excluding steroid dienone is 1. The molecule has 4 aliphatic heterocycles. The molecular formula is C62H69ClF3N9O9S3. The maximum absolute atomic E-state index is 14.6. The number of sulfone groups is 1. The molecule has 4 heterocycles. The van der Waals surface area contributed by atoms with Gasteiger partial charge in [0.25, 0.3) is 37.6 Å². The molecule has 25 heteroatoms. The van der Waals surface area contributed by atoms with Crippen LogP contribution in [0.2, 0.25) is 5.02 Å². The number of halogens is 4. The predicted octanol–water partition coefficient (Wildman–Crippen LogP) is 9.55. The Labute approximate surface area is 514 Å². The van der Waals surface area contributed by atoms with Crippen molar-refractivity contribution >= 4 is 89.8 Å². The Kier molecular flexibility index (Phi) is 18.7. The summed E-state index contributed by atoms with van der Waals surface area (Å²) in [6, 6.07) is 29.3. The van der Waals surface area contributed by atoms with Crippen LogP contribution in [0.1, 0.15) is 102 Å². The molecule has 18 nitrogen and oxygen atoms in total. The zero-order valence-electron chi connectivity index (χ0n) is 48.6. The molecule has 3 atom stereocenters. The number of fused-ring (bicyclic) bond motifs is 1. The smallest absolute Gasteiger partial charge is 0.380 e. The Balaban J connectivity index is 0.786. The van der Waals surface area contributed by atoms with E-state index in [1.165, 1.54) is 40.6 Å². The highest BCUT2D eigenvalue weighted by Crippen LogP contribution is 2.43. The van der Waals surface area contributed by atoms with Gasteiger partial charge in [-0.25, -0.2) is 31.4 Å². The molecule has 5 aliphatic rings. The van der Waals surface area contributed by atoms with Crippen molar-refractivity contribution in [2.75, 3.05) is 74.9 Å². The lowest BCUT2D eigenvalue weighted by Gasteiger charge is -2.45. The number of amides is 6. The number of hydrogen-bond acceptors (Lipinski definition) is 15. The number of sulfonamides is 1. The third-order valence-electron chi connectivity index (χ3n) is 16.8. The van der Waals surface area contributed by atoms with E-state index < -0.39 is 76.5 Å². The number of carbonyl (C=O) groups is 5. The normalized spacial score (nSPS) is 20.4. The van der Waals surface area contributed by atoms with Gasteiger partial charge in [-0.2, -0.15) is 18.2 Å². The van der Waals surface area contributed by atoms with Crippen LogP contribution in [-0.2, 0) is 31.2 Å². The number of hydrazine groups is 1. The van der Waals surface area contributed by atoms with Gasteiger partial charge in [-0.05, 0) is 141 Å². The van der Waals surface area contributed by atoms with Crippen molar-refractivity contribution in [2.24, 2.45) is 5.41 Å². The second-order valence-electron chi connectivity index (χ2n) is 23.7. The summed E-state index contributed by atoms with van der Waals surface area (Å²) in [6.45, 7) is 14.3. The lowest BCUT2D eigenvalue weighted by Crippen LogP contribution is -2.58. The summed E-state index contributed by atoms with van der Waals surface area (Å²) < 4.78 is 100. The molecule has 10 rings (SSSR count). The van der Waals surface area contributed by atoms with Crippen molar-refractivity contribution in [3.05, 3.63) is 154 Å². The highest BCUT2D eigenvalue weighted by Gasteiger charge is 2.49. The van der Waals surface area contributed by atoms with E-state index in [0.29, 0.717) is 56.8 Å². The number of nitrogens with one attached hydrogen (secondary N) is 3. The minimum Gasteiger partial charge on any atom is -0.380 e. The summed E-state index contributed by atoms with van der Waals surface area (Å²) in [7, 11) is -11.1. The molecule has 0 saturated carbocycles. The molecule has 1 aliphatic carbocycles. The lowest BCUT2D eigenvalue weighted by molar-refractivity contribution is -0.122. The maximum Gasteiger partial charge on any atom is 0.501 e. The van der Waals surface area contributed by atoms with Gasteiger partial charge in [-0.15, -0.1) is 11.8 Å². The molecule has 462 valence electrons. The Hall–Kier alpha value is -6.80. The molecule has 87 heavy (non-hydrogen) atoms. The number of benzene rings is 5. The predicted molar refractivity (Wildman–Crippen MR) is 327 cm³/mol. The fourth-order valence-corrected chi connectivity index (χ4v) is 15.3. The molecule has 6 amide bonds. The Morgan fingerprint density at radius 2 is 1.46 bits per heavy atom. The third-order valence-corrected chi connectivity index (χ3v) is 21.1. The number of piperazine rings is 2. The number of alkyl halides is 3. The summed E-state index contributed by atoms with van der Waals surface area (Å²) in [5.41, 5.74) is -0.292. The van der Waals surface area contributed by atoms with Gasteiger partial charge in [0, 0.05) is 110 Å². The first-order chi connectivity index (χ1) is 41.2. The highest BCUT2D eigenvalue weighted by atomic mass is 35.5. The van der Waals surface area contributed by atoms with Crippen LogP contribution in [0.15, 0.2) is 136 Å². The second-order valence-corrected chi connectivity index (χ2v) is 28.8. The average Bonchev–Trinajstić information content (AvgIpc) is 1.83. The van der Waals surface area contributed by atoms with Gasteiger partial charge in [0.1, 0.15) is 4.90 Å². The van der Waals surface area contributed by atoms with Crippen molar-refractivity contribution < 1.29 is 54.0 Å². The van der Waals surface area contributed by atoms with Crippen LogP contribution in [0.3, 0.4) is 0 Å². The number of rotatable bonds is 19. The van der Waals surface area contributed by atoms with E-state index in [4.69, 9.17) is 11.6 Å². The first-order valence-corrected chi connectivity index (χ1v) is 33.2. The quantitative estimate of drug-likeness (QED) is 0.0519. The van der Waals surface area contributed by atoms with Crippen molar-refractivity contribution in [3.8, 4) is 0 Å². The zero-order chi connectivity index (χ0) is 62.2. The molecule has 3 N–H and O–H groups in total. The van der Waals surface area contributed by atoms with E-state index in [1.54, 1.807) is 30.3 Å². The Morgan fingerprint density at radius 3 is 2.13 bits per heavy atom. The number of hydrogen-bond donors (Lipinski definition) is 3. The van der Waals surface area contributed by atoms with E-state index in [0.717, 1.165) is 77.2 Å². The van der Waals surface area contributed by atoms with Gasteiger partial charge in [-0.3, -0.25) is 34.3 Å². The topological polar surface area (TPSA) is 209 Å². The summed E-state index contributed by atoms with van der Waals surface area (Å²) in [6.07, 6.45) is 3.34. The van der Waals surface area contributed by atoms with Crippen LogP contribution < -0.4 is 20.3 Å². The van der Waals surface area contributed by atoms with Crippen molar-refractivity contribution in [1.29, 1.82) is 0 Å². The summed E-state index contributed by atoms with van der Waals surface area (Å²) in [5, 5.41) is 7.56. The summed E-state index contributed by atoms with van der Waals surface area (Å²) in [5.74, 6) is -2.64. The fourth-order valence-electron chi connectivity index (χ4n) is 12.2. The largest absolute Gasteiger partial charge is 0.501 e. The van der Waals surface area contributed by atoms with E-state index in [9.17, 15) is 54.0 Å². The van der Waals surface area contributed by atoms with Crippen LogP contribution in [0.5, 0.6) is 0 Å². The van der Waals surface area contributed by atoms with E-state index in [1.807, 2.05) is 61.0 Å². The van der Waals surface area contributed by atoms with Crippen molar-refractivity contribution in [3.63, 3.8) is 0 Å². The molecule has 5 aromatic carbocycles. The maximum atomic E-state index is 14.6. The van der Waals surface area contributed by atoms with Gasteiger partial charge in [0.15, 0.2) is 0 Å². The van der Waals surface area contributed by atoms with E-state index >= 15 is 0 Å². The van der Waals surface area contributed by atoms with Crippen LogP contribution in [-0.4, -0.2) is 160 Å². The summed E-state index contributed by atoms with van der Waals surface area (Å²) in [4.78, 5) is 72.4. The summed E-state index contributed by atoms with van der Waals surface area (Å²) >= 11 is 7.62.